The minimum absolute atomic E-state index is 0.0419. The summed E-state index contributed by atoms with van der Waals surface area (Å²) in [5.41, 5.74) is -1.17. The molecule has 0 heterocycles. The molecule has 0 fully saturated rings. The molecule has 0 atom stereocenters. The third-order valence-electron chi connectivity index (χ3n) is 7.36. The Morgan fingerprint density at radius 2 is 0.475 bits per heavy atom. The van der Waals surface area contributed by atoms with Crippen molar-refractivity contribution in [3.05, 3.63) is 0 Å². The van der Waals surface area contributed by atoms with Crippen LogP contribution < -0.4 is 0 Å². The van der Waals surface area contributed by atoms with Crippen LogP contribution in [0.3, 0.4) is 0 Å². The van der Waals surface area contributed by atoms with E-state index in [0.717, 1.165) is 0 Å². The molecule has 0 rings (SSSR count). The summed E-state index contributed by atoms with van der Waals surface area (Å²) in [7, 11) is 7.77. The molecular formula is C39H64O20. The van der Waals surface area contributed by atoms with Gasteiger partial charge in [0, 0.05) is 38.5 Å². The molecular weight excluding hydrogens is 788 g/mol. The van der Waals surface area contributed by atoms with Crippen LogP contribution in [0.4, 0.5) is 0 Å². The third kappa shape index (κ3) is 39.3. The van der Waals surface area contributed by atoms with Crippen LogP contribution in [0.25, 0.3) is 0 Å². The number of hydrogen-bond donors (Lipinski definition) is 0. The van der Waals surface area contributed by atoms with Crippen molar-refractivity contribution in [2.45, 2.75) is 111 Å². The lowest BCUT2D eigenvalue weighted by molar-refractivity contribution is -0.156. The number of rotatable bonds is 26. The molecule has 20 nitrogen and oxygen atoms in total. The van der Waals surface area contributed by atoms with E-state index in [2.05, 4.69) is 28.4 Å². The van der Waals surface area contributed by atoms with E-state index in [9.17, 15) is 47.9 Å². The molecule has 0 aliphatic carbocycles. The van der Waals surface area contributed by atoms with Gasteiger partial charge >= 0.3 is 59.7 Å². The van der Waals surface area contributed by atoms with Crippen LogP contribution in [0, 0.1) is 10.8 Å². The van der Waals surface area contributed by atoms with Crippen molar-refractivity contribution in [2.75, 3.05) is 69.1 Å². The summed E-state index contributed by atoms with van der Waals surface area (Å²) in [6.07, 6.45) is 2.51. The maximum absolute atomic E-state index is 11.8. The molecule has 0 aliphatic rings. The zero-order valence-electron chi connectivity index (χ0n) is 36.2. The number of esters is 10. The average molecular weight is 853 g/mol. The first-order valence-corrected chi connectivity index (χ1v) is 18.6. The van der Waals surface area contributed by atoms with Gasteiger partial charge in [0.25, 0.3) is 0 Å². The minimum Gasteiger partial charge on any atom is -0.469 e. The Hall–Kier alpha value is -5.30. The highest BCUT2D eigenvalue weighted by atomic mass is 16.6. The molecule has 20 heteroatoms. The minimum atomic E-state index is -0.585. The van der Waals surface area contributed by atoms with Crippen molar-refractivity contribution in [3.8, 4) is 0 Å². The van der Waals surface area contributed by atoms with Crippen LogP contribution in [0.5, 0.6) is 0 Å². The maximum Gasteiger partial charge on any atom is 0.306 e. The first kappa shape index (κ1) is 58.0. The summed E-state index contributed by atoms with van der Waals surface area (Å²) in [6.45, 7) is 6.80. The summed E-state index contributed by atoms with van der Waals surface area (Å²) >= 11 is 0. The molecule has 340 valence electrons. The molecule has 0 amide bonds. The van der Waals surface area contributed by atoms with Crippen LogP contribution in [-0.2, 0) is 95.3 Å². The molecule has 0 spiro atoms. The van der Waals surface area contributed by atoms with E-state index in [-0.39, 0.29) is 115 Å². The SMILES string of the molecule is COC(=O)CC(C)(C)CC(=O)OCCOC(=O)CC(C)(C)CC(=O)OC.COC(=O)CCCC(=O)OC.COC(=O)CCCC(=O)OCCOC(=O)CCCC(=O)OC. The van der Waals surface area contributed by atoms with E-state index >= 15 is 0 Å². The fourth-order valence-corrected chi connectivity index (χ4v) is 4.24. The molecule has 59 heavy (non-hydrogen) atoms. The Kier molecular flexibility index (Phi) is 34.1. The van der Waals surface area contributed by atoms with Gasteiger partial charge in [-0.25, -0.2) is 0 Å². The Morgan fingerprint density at radius 1 is 0.288 bits per heavy atom. The second-order valence-corrected chi connectivity index (χ2v) is 13.9. The first-order valence-electron chi connectivity index (χ1n) is 18.6. The van der Waals surface area contributed by atoms with Crippen LogP contribution in [0.15, 0.2) is 0 Å². The van der Waals surface area contributed by atoms with E-state index in [1.165, 1.54) is 42.7 Å². The van der Waals surface area contributed by atoms with Gasteiger partial charge in [-0.3, -0.25) is 47.9 Å². The molecule has 0 unspecified atom stereocenters. The molecule has 0 aliphatic heterocycles. The Morgan fingerprint density at radius 3 is 0.695 bits per heavy atom. The fourth-order valence-electron chi connectivity index (χ4n) is 4.24. The van der Waals surface area contributed by atoms with E-state index in [1.54, 1.807) is 27.7 Å². The van der Waals surface area contributed by atoms with Crippen LogP contribution in [-0.4, -0.2) is 129 Å². The zero-order chi connectivity index (χ0) is 45.9. The average Bonchev–Trinajstić information content (AvgIpc) is 3.17. The molecule has 0 aromatic carbocycles. The molecule has 0 aromatic heterocycles. The van der Waals surface area contributed by atoms with Crippen molar-refractivity contribution >= 4 is 59.7 Å². The standard InChI is InChI=1S/C18H30O8.C14H22O8.C7H12O4/c1-17(2,9-13(19)23-5)11-15(21)25-7-8-26-16(22)12-18(3,4)10-14(20)24-6;1-19-11(15)5-3-7-13(17)21-9-10-22-14(18)8-4-6-12(16)20-2;1-10-6(8)4-3-5-7(9)11-2/h7-12H2,1-6H3;3-10H2,1-2H3;3-5H2,1-2H3. The van der Waals surface area contributed by atoms with Crippen LogP contribution in [0.2, 0.25) is 0 Å². The van der Waals surface area contributed by atoms with Gasteiger partial charge in [-0.1, -0.05) is 27.7 Å². The van der Waals surface area contributed by atoms with Gasteiger partial charge in [0.05, 0.1) is 68.3 Å². The summed E-state index contributed by atoms with van der Waals surface area (Å²) in [5, 5.41) is 0. The molecule has 0 bridgehead atoms. The number of methoxy groups -OCH3 is 6. The Bertz CT molecular complexity index is 1220. The second kappa shape index (κ2) is 34.7. The molecule has 0 aromatic rings. The molecule has 0 N–H and O–H groups in total. The highest BCUT2D eigenvalue weighted by Gasteiger charge is 2.28. The lowest BCUT2D eigenvalue weighted by Gasteiger charge is -2.22. The number of carbonyl (C=O) groups excluding carboxylic acids is 10. The van der Waals surface area contributed by atoms with Gasteiger partial charge in [0.1, 0.15) is 26.4 Å². The van der Waals surface area contributed by atoms with Gasteiger partial charge in [-0.2, -0.15) is 0 Å². The van der Waals surface area contributed by atoms with Crippen molar-refractivity contribution in [3.63, 3.8) is 0 Å². The van der Waals surface area contributed by atoms with E-state index in [0.29, 0.717) is 19.3 Å². The first-order chi connectivity index (χ1) is 27.6. The summed E-state index contributed by atoms with van der Waals surface area (Å²) in [6, 6.07) is 0. The van der Waals surface area contributed by atoms with E-state index in [1.807, 2.05) is 0 Å². The lowest BCUT2D eigenvalue weighted by atomic mass is 9.86. The van der Waals surface area contributed by atoms with Crippen molar-refractivity contribution in [1.29, 1.82) is 0 Å². The largest absolute Gasteiger partial charge is 0.469 e. The van der Waals surface area contributed by atoms with Crippen molar-refractivity contribution < 1.29 is 95.3 Å². The van der Waals surface area contributed by atoms with E-state index < -0.39 is 46.6 Å². The second-order valence-electron chi connectivity index (χ2n) is 13.9. The number of hydrogen-bond acceptors (Lipinski definition) is 20. The van der Waals surface area contributed by atoms with Gasteiger partial charge < -0.3 is 47.4 Å². The topological polar surface area (TPSA) is 263 Å². The molecule has 0 radical (unpaired) electrons. The molecule has 0 saturated carbocycles. The van der Waals surface area contributed by atoms with Gasteiger partial charge in [0.2, 0.25) is 0 Å². The summed E-state index contributed by atoms with van der Waals surface area (Å²) in [4.78, 5) is 111. The Balaban J connectivity index is -0.000000859. The number of carbonyl (C=O) groups is 10. The normalized spacial score (nSPS) is 10.3. The lowest BCUT2D eigenvalue weighted by Crippen LogP contribution is -2.25. The predicted octanol–water partition coefficient (Wildman–Crippen LogP) is 3.29. The smallest absolute Gasteiger partial charge is 0.306 e. The number of ether oxygens (including phenoxy) is 10. The fraction of sp³-hybridized carbons (Fsp3) is 0.744. The highest BCUT2D eigenvalue weighted by molar-refractivity contribution is 5.76. The van der Waals surface area contributed by atoms with Crippen molar-refractivity contribution in [2.24, 2.45) is 10.8 Å². The van der Waals surface area contributed by atoms with Crippen LogP contribution >= 0.6 is 0 Å². The van der Waals surface area contributed by atoms with E-state index in [4.69, 9.17) is 18.9 Å². The molecule has 0 saturated heterocycles. The van der Waals surface area contributed by atoms with Crippen LogP contribution in [0.1, 0.15) is 111 Å². The van der Waals surface area contributed by atoms with Gasteiger partial charge in [-0.05, 0) is 30.1 Å². The highest BCUT2D eigenvalue weighted by Crippen LogP contribution is 2.27. The van der Waals surface area contributed by atoms with Crippen molar-refractivity contribution in [1.82, 2.24) is 0 Å². The zero-order valence-corrected chi connectivity index (χ0v) is 36.2. The van der Waals surface area contributed by atoms with Gasteiger partial charge in [-0.15, -0.1) is 0 Å². The maximum atomic E-state index is 11.8. The quantitative estimate of drug-likeness (QED) is 0.0686. The summed E-state index contributed by atoms with van der Waals surface area (Å²) in [5.74, 6) is -4.05. The Labute approximate surface area is 345 Å². The monoisotopic (exact) mass is 852 g/mol. The third-order valence-corrected chi connectivity index (χ3v) is 7.36. The van der Waals surface area contributed by atoms with Gasteiger partial charge in [0.15, 0.2) is 0 Å². The summed E-state index contributed by atoms with van der Waals surface area (Å²) < 4.78 is 46.5. The predicted molar refractivity (Wildman–Crippen MR) is 204 cm³/mol.